The number of pyridine rings is 1. The van der Waals surface area contributed by atoms with Crippen LogP contribution in [0.5, 0.6) is 17.2 Å². The van der Waals surface area contributed by atoms with Gasteiger partial charge in [0, 0.05) is 42.2 Å². The van der Waals surface area contributed by atoms with Gasteiger partial charge in [0.05, 0.1) is 12.0 Å². The fraction of sp³-hybridized carbons (Fsp3) is 0.0385. The fourth-order valence-corrected chi connectivity index (χ4v) is 5.15. The first-order chi connectivity index (χ1) is 17.5. The summed E-state index contributed by atoms with van der Waals surface area (Å²) in [5.74, 6) is 0.506. The van der Waals surface area contributed by atoms with Gasteiger partial charge in [-0.15, -0.1) is 0 Å². The van der Waals surface area contributed by atoms with E-state index in [1.807, 2.05) is 0 Å². The number of rotatable bonds is 7. The normalized spacial score (nSPS) is 11.3. The minimum atomic E-state index is -4.16. The summed E-state index contributed by atoms with van der Waals surface area (Å²) in [7, 11) is -2.74. The SMILES string of the molecule is COc1cc(Oc2cccc(F)c2)ccc1N(c1ccncn1)S(=O)(=O)c1ccc2cnccc2c1. The van der Waals surface area contributed by atoms with E-state index >= 15 is 0 Å². The first-order valence-corrected chi connectivity index (χ1v) is 12.2. The van der Waals surface area contributed by atoms with Crippen LogP contribution >= 0.6 is 0 Å². The van der Waals surface area contributed by atoms with E-state index in [0.29, 0.717) is 5.75 Å². The molecule has 0 N–H and O–H groups in total. The van der Waals surface area contributed by atoms with E-state index in [1.165, 1.54) is 62.1 Å². The molecular weight excluding hydrogens is 483 g/mol. The molecule has 5 rings (SSSR count). The van der Waals surface area contributed by atoms with Gasteiger partial charge in [-0.3, -0.25) is 4.98 Å². The van der Waals surface area contributed by atoms with E-state index in [2.05, 4.69) is 15.0 Å². The van der Waals surface area contributed by atoms with Crippen molar-refractivity contribution in [3.05, 3.63) is 104 Å². The summed E-state index contributed by atoms with van der Waals surface area (Å²) < 4.78 is 53.9. The van der Waals surface area contributed by atoms with Gasteiger partial charge >= 0.3 is 0 Å². The first kappa shape index (κ1) is 23.2. The number of methoxy groups -OCH3 is 1. The van der Waals surface area contributed by atoms with Crippen molar-refractivity contribution in [3.63, 3.8) is 0 Å². The topological polar surface area (TPSA) is 94.5 Å². The van der Waals surface area contributed by atoms with Crippen LogP contribution in [-0.2, 0) is 10.0 Å². The molecule has 3 aromatic carbocycles. The van der Waals surface area contributed by atoms with Gasteiger partial charge in [-0.2, -0.15) is 0 Å². The zero-order valence-electron chi connectivity index (χ0n) is 18.9. The number of fused-ring (bicyclic) bond motifs is 1. The van der Waals surface area contributed by atoms with Gasteiger partial charge in [-0.05, 0) is 47.9 Å². The van der Waals surface area contributed by atoms with E-state index in [-0.39, 0.29) is 27.9 Å². The summed E-state index contributed by atoms with van der Waals surface area (Å²) in [6.07, 6.45) is 5.97. The van der Waals surface area contributed by atoms with E-state index < -0.39 is 15.8 Å². The smallest absolute Gasteiger partial charge is 0.270 e. The highest BCUT2D eigenvalue weighted by Gasteiger charge is 2.30. The first-order valence-electron chi connectivity index (χ1n) is 10.7. The highest BCUT2D eigenvalue weighted by atomic mass is 32.2. The molecule has 0 unspecified atom stereocenters. The average molecular weight is 503 g/mol. The molecular formula is C26H19FN4O4S. The van der Waals surface area contributed by atoms with Crippen molar-refractivity contribution in [2.24, 2.45) is 0 Å². The number of sulfonamides is 1. The largest absolute Gasteiger partial charge is 0.494 e. The summed E-state index contributed by atoms with van der Waals surface area (Å²) in [5, 5.41) is 1.53. The lowest BCUT2D eigenvalue weighted by molar-refractivity contribution is 0.410. The van der Waals surface area contributed by atoms with Crippen molar-refractivity contribution < 1.29 is 22.3 Å². The lowest BCUT2D eigenvalue weighted by atomic mass is 10.2. The van der Waals surface area contributed by atoms with Crippen molar-refractivity contribution in [1.29, 1.82) is 0 Å². The number of hydrogen-bond donors (Lipinski definition) is 0. The van der Waals surface area contributed by atoms with Crippen LogP contribution in [0.3, 0.4) is 0 Å². The highest BCUT2D eigenvalue weighted by Crippen LogP contribution is 2.40. The summed E-state index contributed by atoms with van der Waals surface area (Å²) in [4.78, 5) is 12.2. The number of ether oxygens (including phenoxy) is 2. The molecule has 0 aliphatic carbocycles. The van der Waals surface area contributed by atoms with Crippen molar-refractivity contribution in [2.75, 3.05) is 11.4 Å². The summed E-state index contributed by atoms with van der Waals surface area (Å²) in [6, 6.07) is 18.3. The molecule has 180 valence electrons. The van der Waals surface area contributed by atoms with Crippen LogP contribution in [0.2, 0.25) is 0 Å². The van der Waals surface area contributed by atoms with Crippen molar-refractivity contribution in [2.45, 2.75) is 4.90 Å². The Kier molecular flexibility index (Phi) is 6.17. The van der Waals surface area contributed by atoms with Crippen molar-refractivity contribution in [3.8, 4) is 17.2 Å². The van der Waals surface area contributed by atoms with Crippen molar-refractivity contribution >= 4 is 32.3 Å². The maximum Gasteiger partial charge on any atom is 0.270 e. The zero-order chi connectivity index (χ0) is 25.1. The molecule has 36 heavy (non-hydrogen) atoms. The Hall–Kier alpha value is -4.57. The van der Waals surface area contributed by atoms with Gasteiger partial charge in [0.25, 0.3) is 10.0 Å². The van der Waals surface area contributed by atoms with Gasteiger partial charge in [-0.1, -0.05) is 12.1 Å². The summed E-state index contributed by atoms with van der Waals surface area (Å²) >= 11 is 0. The second-order valence-corrected chi connectivity index (χ2v) is 9.40. The number of halogens is 1. The maximum atomic E-state index is 14.0. The molecule has 0 bridgehead atoms. The maximum absolute atomic E-state index is 14.0. The second kappa shape index (κ2) is 9.59. The van der Waals surface area contributed by atoms with Gasteiger partial charge in [0.2, 0.25) is 0 Å². The minimum Gasteiger partial charge on any atom is -0.494 e. The van der Waals surface area contributed by atoms with Crippen LogP contribution in [0.1, 0.15) is 0 Å². The molecule has 2 aromatic heterocycles. The summed E-state index contributed by atoms with van der Waals surface area (Å²) in [6.45, 7) is 0. The molecule has 0 radical (unpaired) electrons. The molecule has 0 spiro atoms. The molecule has 0 amide bonds. The molecule has 0 aliphatic heterocycles. The Morgan fingerprint density at radius 1 is 0.861 bits per heavy atom. The van der Waals surface area contributed by atoms with Crippen LogP contribution in [0, 0.1) is 5.82 Å². The molecule has 0 saturated carbocycles. The number of benzene rings is 3. The van der Waals surface area contributed by atoms with Gasteiger partial charge in [0.1, 0.15) is 35.1 Å². The second-order valence-electron chi connectivity index (χ2n) is 7.61. The van der Waals surface area contributed by atoms with E-state index in [0.717, 1.165) is 15.1 Å². The van der Waals surface area contributed by atoms with Crippen LogP contribution in [0.15, 0.2) is 103 Å². The lowest BCUT2D eigenvalue weighted by Crippen LogP contribution is -2.27. The Labute approximate surface area is 206 Å². The van der Waals surface area contributed by atoms with Crippen LogP contribution in [0.25, 0.3) is 10.8 Å². The number of aromatic nitrogens is 3. The average Bonchev–Trinajstić information content (AvgIpc) is 2.90. The van der Waals surface area contributed by atoms with Crippen LogP contribution < -0.4 is 13.8 Å². The van der Waals surface area contributed by atoms with E-state index in [4.69, 9.17) is 9.47 Å². The fourth-order valence-electron chi connectivity index (χ4n) is 3.66. The predicted molar refractivity (Wildman–Crippen MR) is 133 cm³/mol. The molecule has 2 heterocycles. The third kappa shape index (κ3) is 4.53. The highest BCUT2D eigenvalue weighted by molar-refractivity contribution is 7.93. The third-order valence-corrected chi connectivity index (χ3v) is 7.04. The van der Waals surface area contributed by atoms with E-state index in [9.17, 15) is 12.8 Å². The lowest BCUT2D eigenvalue weighted by Gasteiger charge is -2.25. The Morgan fingerprint density at radius 3 is 2.47 bits per heavy atom. The molecule has 0 saturated heterocycles. The van der Waals surface area contributed by atoms with Gasteiger partial charge < -0.3 is 9.47 Å². The number of nitrogens with zero attached hydrogens (tertiary/aromatic N) is 4. The predicted octanol–water partition coefficient (Wildman–Crippen LogP) is 5.49. The summed E-state index contributed by atoms with van der Waals surface area (Å²) in [5.41, 5.74) is 0.206. The minimum absolute atomic E-state index is 0.0574. The third-order valence-electron chi connectivity index (χ3n) is 5.33. The van der Waals surface area contributed by atoms with Crippen LogP contribution in [-0.4, -0.2) is 30.5 Å². The van der Waals surface area contributed by atoms with Crippen molar-refractivity contribution in [1.82, 2.24) is 15.0 Å². The molecule has 5 aromatic rings. The zero-order valence-corrected chi connectivity index (χ0v) is 19.8. The van der Waals surface area contributed by atoms with Gasteiger partial charge in [0.15, 0.2) is 5.82 Å². The van der Waals surface area contributed by atoms with Crippen LogP contribution in [0.4, 0.5) is 15.9 Å². The molecule has 0 atom stereocenters. The Morgan fingerprint density at radius 2 is 1.69 bits per heavy atom. The number of hydrogen-bond acceptors (Lipinski definition) is 7. The Bertz CT molecular complexity index is 1650. The monoisotopic (exact) mass is 502 g/mol. The Balaban J connectivity index is 1.62. The molecule has 8 nitrogen and oxygen atoms in total. The molecule has 10 heteroatoms. The number of anilines is 2. The molecule has 0 fully saturated rings. The standard InChI is InChI=1S/C26H19FN4O4S/c1-34-25-15-22(35-21-4-2-3-20(27)14-21)6-8-24(25)31(26-10-12-29-17-30-26)36(32,33)23-7-5-19-16-28-11-9-18(19)13-23/h2-17H,1H3. The van der Waals surface area contributed by atoms with E-state index in [1.54, 1.807) is 42.7 Å². The van der Waals surface area contributed by atoms with Gasteiger partial charge in [-0.25, -0.2) is 27.1 Å². The quantitative estimate of drug-likeness (QED) is 0.290. The molecule has 0 aliphatic rings.